The molecule has 12 rings (SSSR count). The molecule has 0 spiro atoms. The van der Waals surface area contributed by atoms with E-state index >= 15 is 0 Å². The average molecular weight is 768 g/mol. The monoisotopic (exact) mass is 767 g/mol. The zero-order valence-electron chi connectivity index (χ0n) is 31.8. The Morgan fingerprint density at radius 3 is 1.63 bits per heavy atom. The molecule has 0 unspecified atom stereocenters. The fourth-order valence-electron chi connectivity index (χ4n) is 9.22. The Morgan fingerprint density at radius 2 is 0.881 bits per heavy atom. The minimum absolute atomic E-state index is 0.648. The van der Waals surface area contributed by atoms with E-state index < -0.39 is 0 Å². The molecule has 0 fully saturated rings. The lowest BCUT2D eigenvalue weighted by Gasteiger charge is -2.10. The van der Waals surface area contributed by atoms with Gasteiger partial charge in [0.25, 0.3) is 0 Å². The van der Waals surface area contributed by atoms with E-state index in [1.54, 1.807) is 0 Å². The molecule has 3 aromatic heterocycles. The van der Waals surface area contributed by atoms with Crippen LogP contribution in [0.3, 0.4) is 0 Å². The summed E-state index contributed by atoms with van der Waals surface area (Å²) in [5, 5.41) is 17.1. The van der Waals surface area contributed by atoms with Crippen molar-refractivity contribution in [3.63, 3.8) is 0 Å². The van der Waals surface area contributed by atoms with Gasteiger partial charge in [0.15, 0.2) is 0 Å². The van der Waals surface area contributed by atoms with Crippen LogP contribution in [0.2, 0.25) is 0 Å². The number of nitriles is 1. The highest BCUT2D eigenvalue weighted by atomic mass is 32.1. The first kappa shape index (κ1) is 33.4. The first-order chi connectivity index (χ1) is 29.2. The second kappa shape index (κ2) is 13.2. The Kier molecular flexibility index (Phi) is 7.47. The Morgan fingerprint density at radius 1 is 0.356 bits per heavy atom. The maximum Gasteiger partial charge on any atom is 0.0992 e. The van der Waals surface area contributed by atoms with E-state index in [9.17, 15) is 5.26 Å². The highest BCUT2D eigenvalue weighted by Gasteiger charge is 2.18. The van der Waals surface area contributed by atoms with Crippen molar-refractivity contribution in [2.24, 2.45) is 0 Å². The minimum atomic E-state index is 0.648. The molecule has 12 aromatic rings. The third kappa shape index (κ3) is 5.26. The van der Waals surface area contributed by atoms with Crippen molar-refractivity contribution < 1.29 is 0 Å². The van der Waals surface area contributed by atoms with Crippen molar-refractivity contribution in [1.29, 1.82) is 5.26 Å². The maximum atomic E-state index is 9.65. The number of thiophene rings is 1. The average Bonchev–Trinajstić information content (AvgIpc) is 3.96. The third-order valence-corrected chi connectivity index (χ3v) is 13.1. The summed E-state index contributed by atoms with van der Waals surface area (Å²) in [6, 6.07) is 74.5. The smallest absolute Gasteiger partial charge is 0.0992 e. The standard InChI is InChI=1S/C55H33N3S/c56-34-35-11-8-16-42(29-35)58-50-21-6-4-17-44(50)47-31-38(23-26-51(47)58)36-12-9-13-37(30-36)39-24-27-52-48(32-39)49-33-40(25-28-53(49)57(52)41-14-2-1-3-15-41)43-19-10-20-46-45-18-5-7-22-54(45)59-55(43)46/h1-33H. The van der Waals surface area contributed by atoms with Gasteiger partial charge in [-0.25, -0.2) is 0 Å². The largest absolute Gasteiger partial charge is 0.309 e. The Bertz CT molecular complexity index is 3690. The zero-order chi connectivity index (χ0) is 39.0. The molecular weight excluding hydrogens is 735 g/mol. The van der Waals surface area contributed by atoms with Gasteiger partial charge in [0, 0.05) is 53.1 Å². The van der Waals surface area contributed by atoms with E-state index in [0.29, 0.717) is 5.56 Å². The number of nitrogens with zero attached hydrogens (tertiary/aromatic N) is 3. The summed E-state index contributed by atoms with van der Waals surface area (Å²) in [5.41, 5.74) is 14.6. The van der Waals surface area contributed by atoms with Crippen LogP contribution in [-0.2, 0) is 0 Å². The van der Waals surface area contributed by atoms with E-state index in [-0.39, 0.29) is 0 Å². The number of aromatic nitrogens is 2. The zero-order valence-corrected chi connectivity index (χ0v) is 32.6. The highest BCUT2D eigenvalue weighted by molar-refractivity contribution is 7.26. The fraction of sp³-hybridized carbons (Fsp3) is 0. The molecule has 0 atom stereocenters. The Balaban J connectivity index is 1.01. The topological polar surface area (TPSA) is 33.6 Å². The molecule has 3 heterocycles. The number of hydrogen-bond acceptors (Lipinski definition) is 2. The SMILES string of the molecule is N#Cc1cccc(-n2c3ccccc3c3cc(-c4cccc(-c5ccc6c(c5)c5cc(-c7cccc8c7sc7ccccc78)ccc5n6-c5ccccc5)c4)ccc32)c1. The molecule has 0 amide bonds. The van der Waals surface area contributed by atoms with Crippen molar-refractivity contribution in [2.45, 2.75) is 0 Å². The van der Waals surface area contributed by atoms with Gasteiger partial charge in [-0.15, -0.1) is 11.3 Å². The fourth-order valence-corrected chi connectivity index (χ4v) is 10.5. The lowest BCUT2D eigenvalue weighted by Crippen LogP contribution is -1.94. The van der Waals surface area contributed by atoms with Crippen LogP contribution in [0, 0.1) is 11.3 Å². The van der Waals surface area contributed by atoms with Gasteiger partial charge in [0.1, 0.15) is 0 Å². The van der Waals surface area contributed by atoms with Crippen molar-refractivity contribution in [1.82, 2.24) is 9.13 Å². The van der Waals surface area contributed by atoms with E-state index in [2.05, 4.69) is 197 Å². The molecule has 0 N–H and O–H groups in total. The molecule has 9 aromatic carbocycles. The number of para-hydroxylation sites is 2. The number of hydrogen-bond donors (Lipinski definition) is 0. The van der Waals surface area contributed by atoms with Gasteiger partial charge in [0.05, 0.1) is 33.7 Å². The van der Waals surface area contributed by atoms with Crippen LogP contribution in [0.4, 0.5) is 0 Å². The molecule has 4 heteroatoms. The predicted molar refractivity (Wildman–Crippen MR) is 249 cm³/mol. The molecule has 3 nitrogen and oxygen atoms in total. The van der Waals surface area contributed by atoms with Gasteiger partial charge in [-0.2, -0.15) is 5.26 Å². The van der Waals surface area contributed by atoms with Crippen LogP contribution in [-0.4, -0.2) is 9.13 Å². The van der Waals surface area contributed by atoms with Crippen LogP contribution < -0.4 is 0 Å². The first-order valence-electron chi connectivity index (χ1n) is 19.9. The van der Waals surface area contributed by atoms with Crippen LogP contribution in [0.1, 0.15) is 5.56 Å². The predicted octanol–water partition coefficient (Wildman–Crippen LogP) is 15.1. The summed E-state index contributed by atoms with van der Waals surface area (Å²) < 4.78 is 7.31. The number of fused-ring (bicyclic) bond motifs is 9. The summed E-state index contributed by atoms with van der Waals surface area (Å²) in [6.45, 7) is 0. The molecule has 0 aliphatic heterocycles. The molecule has 0 radical (unpaired) electrons. The summed E-state index contributed by atoms with van der Waals surface area (Å²) in [5.74, 6) is 0. The number of rotatable bonds is 5. The summed E-state index contributed by atoms with van der Waals surface area (Å²) >= 11 is 1.88. The van der Waals surface area contributed by atoms with Crippen LogP contribution in [0.25, 0.3) is 109 Å². The molecule has 59 heavy (non-hydrogen) atoms. The van der Waals surface area contributed by atoms with Crippen LogP contribution in [0.15, 0.2) is 200 Å². The van der Waals surface area contributed by atoms with E-state index in [4.69, 9.17) is 0 Å². The highest BCUT2D eigenvalue weighted by Crippen LogP contribution is 2.43. The quantitative estimate of drug-likeness (QED) is 0.172. The van der Waals surface area contributed by atoms with Crippen molar-refractivity contribution in [3.05, 3.63) is 206 Å². The van der Waals surface area contributed by atoms with Crippen LogP contribution in [0.5, 0.6) is 0 Å². The van der Waals surface area contributed by atoms with Gasteiger partial charge < -0.3 is 9.13 Å². The Hall–Kier alpha value is -7.71. The second-order valence-corrected chi connectivity index (χ2v) is 16.3. The molecule has 0 aliphatic rings. The lowest BCUT2D eigenvalue weighted by molar-refractivity contribution is 1.18. The first-order valence-corrected chi connectivity index (χ1v) is 20.7. The maximum absolute atomic E-state index is 9.65. The Labute approximate surface area is 344 Å². The molecule has 0 saturated carbocycles. The molecule has 274 valence electrons. The lowest BCUT2D eigenvalue weighted by atomic mass is 9.96. The summed E-state index contributed by atoms with van der Waals surface area (Å²) in [7, 11) is 0. The normalized spacial score (nSPS) is 11.7. The van der Waals surface area contributed by atoms with Crippen LogP contribution >= 0.6 is 11.3 Å². The van der Waals surface area contributed by atoms with E-state index in [0.717, 1.165) is 28.0 Å². The minimum Gasteiger partial charge on any atom is -0.309 e. The van der Waals surface area contributed by atoms with Crippen molar-refractivity contribution in [3.8, 4) is 50.8 Å². The molecule has 0 bridgehead atoms. The van der Waals surface area contributed by atoms with Gasteiger partial charge in [-0.05, 0) is 118 Å². The van der Waals surface area contributed by atoms with Gasteiger partial charge in [-0.3, -0.25) is 0 Å². The third-order valence-electron chi connectivity index (χ3n) is 11.9. The van der Waals surface area contributed by atoms with Crippen molar-refractivity contribution in [2.75, 3.05) is 0 Å². The summed E-state index contributed by atoms with van der Waals surface area (Å²) in [4.78, 5) is 0. The molecule has 0 aliphatic carbocycles. The summed E-state index contributed by atoms with van der Waals surface area (Å²) in [6.07, 6.45) is 0. The van der Waals surface area contributed by atoms with Gasteiger partial charge in [0.2, 0.25) is 0 Å². The van der Waals surface area contributed by atoms with E-state index in [1.165, 1.54) is 80.6 Å². The van der Waals surface area contributed by atoms with Gasteiger partial charge in [-0.1, -0.05) is 115 Å². The molecule has 0 saturated heterocycles. The van der Waals surface area contributed by atoms with Gasteiger partial charge >= 0.3 is 0 Å². The number of benzene rings is 9. The second-order valence-electron chi connectivity index (χ2n) is 15.2. The van der Waals surface area contributed by atoms with Crippen molar-refractivity contribution >= 4 is 75.1 Å². The van der Waals surface area contributed by atoms with E-state index in [1.807, 2.05) is 29.5 Å². The molecular formula is C55H33N3S.